The summed E-state index contributed by atoms with van der Waals surface area (Å²) in [6.45, 7) is 0. The number of carbonyl (C=O) groups is 1. The van der Waals surface area contributed by atoms with Gasteiger partial charge < -0.3 is 5.73 Å². The van der Waals surface area contributed by atoms with Crippen molar-refractivity contribution in [3.63, 3.8) is 0 Å². The van der Waals surface area contributed by atoms with Gasteiger partial charge in [-0.2, -0.15) is 0 Å². The smallest absolute Gasteiger partial charge is 0.166 e. The lowest BCUT2D eigenvalue weighted by Gasteiger charge is -2.02. The number of halogens is 1. The third-order valence-electron chi connectivity index (χ3n) is 2.13. The van der Waals surface area contributed by atoms with E-state index in [0.29, 0.717) is 17.0 Å². The minimum Gasteiger partial charge on any atom is -0.324 e. The van der Waals surface area contributed by atoms with E-state index < -0.39 is 0 Å². The number of hydrogen-bond acceptors (Lipinski definition) is 2. The zero-order chi connectivity index (χ0) is 8.72. The summed E-state index contributed by atoms with van der Waals surface area (Å²) in [5.74, 6) is 0.0584. The van der Waals surface area contributed by atoms with Crippen LogP contribution in [0.5, 0.6) is 0 Å². The average Bonchev–Trinajstić information content (AvgIpc) is 2.29. The summed E-state index contributed by atoms with van der Waals surface area (Å²) in [6.07, 6.45) is 0.388. The third-order valence-corrected chi connectivity index (χ3v) is 2.44. The van der Waals surface area contributed by atoms with E-state index in [1.807, 2.05) is 12.1 Å². The molecule has 2 rings (SSSR count). The number of nitrogens with two attached hydrogens (primary N) is 1. The van der Waals surface area contributed by atoms with E-state index >= 15 is 0 Å². The molecule has 3 heteroatoms. The second-order valence-electron chi connectivity index (χ2n) is 2.94. The van der Waals surface area contributed by atoms with Gasteiger partial charge in [-0.25, -0.2) is 0 Å². The SMILES string of the molecule is N[C@@H]1CC(=O)c2c(Cl)cccc21. The molecule has 0 bridgehead atoms. The zero-order valence-corrected chi connectivity index (χ0v) is 7.14. The molecule has 2 nitrogen and oxygen atoms in total. The summed E-state index contributed by atoms with van der Waals surface area (Å²) in [5, 5.41) is 0.519. The molecule has 0 saturated carbocycles. The first kappa shape index (κ1) is 7.77. The molecule has 0 spiro atoms. The van der Waals surface area contributed by atoms with Crippen LogP contribution in [-0.4, -0.2) is 5.78 Å². The fourth-order valence-corrected chi connectivity index (χ4v) is 1.84. The number of rotatable bonds is 0. The standard InChI is InChI=1S/C9H8ClNO/c10-6-3-1-2-5-7(11)4-8(12)9(5)6/h1-3,7H,4,11H2/t7-/m1/s1. The van der Waals surface area contributed by atoms with Gasteiger partial charge in [0, 0.05) is 18.0 Å². The van der Waals surface area contributed by atoms with Gasteiger partial charge in [-0.15, -0.1) is 0 Å². The molecule has 0 heterocycles. The van der Waals surface area contributed by atoms with Crippen molar-refractivity contribution in [1.82, 2.24) is 0 Å². The van der Waals surface area contributed by atoms with Gasteiger partial charge in [0.25, 0.3) is 0 Å². The number of hydrogen-bond donors (Lipinski definition) is 1. The van der Waals surface area contributed by atoms with Crippen molar-refractivity contribution < 1.29 is 4.79 Å². The Morgan fingerprint density at radius 2 is 2.25 bits per heavy atom. The molecule has 1 aromatic rings. The van der Waals surface area contributed by atoms with Gasteiger partial charge in [-0.05, 0) is 11.6 Å². The van der Waals surface area contributed by atoms with Crippen molar-refractivity contribution in [3.8, 4) is 0 Å². The van der Waals surface area contributed by atoms with Gasteiger partial charge in [0.1, 0.15) is 0 Å². The lowest BCUT2D eigenvalue weighted by molar-refractivity contribution is 0.0989. The molecule has 0 fully saturated rings. The van der Waals surface area contributed by atoms with Crippen LogP contribution in [-0.2, 0) is 0 Å². The highest BCUT2D eigenvalue weighted by Gasteiger charge is 2.28. The Labute approximate surface area is 75.3 Å². The first-order valence-corrected chi connectivity index (χ1v) is 4.15. The molecule has 0 saturated heterocycles. The minimum atomic E-state index is -0.161. The second kappa shape index (κ2) is 2.57. The Hall–Kier alpha value is -0.860. The highest BCUT2D eigenvalue weighted by molar-refractivity contribution is 6.34. The summed E-state index contributed by atoms with van der Waals surface area (Å²) in [4.78, 5) is 11.3. The molecule has 1 atom stereocenters. The Bertz CT molecular complexity index is 348. The van der Waals surface area contributed by atoms with Crippen LogP contribution in [0.15, 0.2) is 18.2 Å². The fraction of sp³-hybridized carbons (Fsp3) is 0.222. The van der Waals surface area contributed by atoms with Crippen LogP contribution in [0.1, 0.15) is 28.4 Å². The predicted octanol–water partition coefficient (Wildman–Crippen LogP) is 1.93. The van der Waals surface area contributed by atoms with Gasteiger partial charge in [0.2, 0.25) is 0 Å². The molecule has 0 aromatic heterocycles. The van der Waals surface area contributed by atoms with E-state index in [1.165, 1.54) is 0 Å². The third kappa shape index (κ3) is 0.958. The number of ketones is 1. The van der Waals surface area contributed by atoms with Crippen molar-refractivity contribution in [2.45, 2.75) is 12.5 Å². The summed E-state index contributed by atoms with van der Waals surface area (Å²) in [6, 6.07) is 5.23. The molecule has 0 radical (unpaired) electrons. The second-order valence-corrected chi connectivity index (χ2v) is 3.35. The lowest BCUT2D eigenvalue weighted by Crippen LogP contribution is -2.05. The monoisotopic (exact) mass is 181 g/mol. The number of carbonyl (C=O) groups excluding carboxylic acids is 1. The van der Waals surface area contributed by atoms with Gasteiger partial charge >= 0.3 is 0 Å². The van der Waals surface area contributed by atoms with E-state index in [2.05, 4.69) is 0 Å². The summed E-state index contributed by atoms with van der Waals surface area (Å²) in [7, 11) is 0. The molecule has 2 N–H and O–H groups in total. The fourth-order valence-electron chi connectivity index (χ4n) is 1.56. The number of benzene rings is 1. The maximum Gasteiger partial charge on any atom is 0.166 e. The van der Waals surface area contributed by atoms with Crippen molar-refractivity contribution in [2.75, 3.05) is 0 Å². The van der Waals surface area contributed by atoms with Crippen LogP contribution in [0, 0.1) is 0 Å². The first-order chi connectivity index (χ1) is 5.70. The van der Waals surface area contributed by atoms with Crippen LogP contribution in [0.4, 0.5) is 0 Å². The molecule has 1 aromatic carbocycles. The molecule has 0 unspecified atom stereocenters. The molecular formula is C9H8ClNO. The normalized spacial score (nSPS) is 21.2. The molecule has 0 aliphatic heterocycles. The molecule has 1 aliphatic carbocycles. The van der Waals surface area contributed by atoms with Crippen LogP contribution in [0.2, 0.25) is 5.02 Å². The van der Waals surface area contributed by atoms with Crippen LogP contribution in [0.3, 0.4) is 0 Å². The summed E-state index contributed by atoms with van der Waals surface area (Å²) < 4.78 is 0. The molecule has 1 aliphatic rings. The highest BCUT2D eigenvalue weighted by atomic mass is 35.5. The van der Waals surface area contributed by atoms with Gasteiger partial charge in [-0.3, -0.25) is 4.79 Å². The first-order valence-electron chi connectivity index (χ1n) is 3.77. The Morgan fingerprint density at radius 1 is 1.50 bits per heavy atom. The number of fused-ring (bicyclic) bond motifs is 1. The molecule has 12 heavy (non-hydrogen) atoms. The van der Waals surface area contributed by atoms with Crippen molar-refractivity contribution in [2.24, 2.45) is 5.73 Å². The van der Waals surface area contributed by atoms with Crippen molar-refractivity contribution in [1.29, 1.82) is 0 Å². The van der Waals surface area contributed by atoms with Crippen molar-refractivity contribution in [3.05, 3.63) is 34.3 Å². The highest BCUT2D eigenvalue weighted by Crippen LogP contribution is 2.33. The predicted molar refractivity (Wildman–Crippen MR) is 47.3 cm³/mol. The minimum absolute atomic E-state index is 0.0584. The molecule has 0 amide bonds. The van der Waals surface area contributed by atoms with Gasteiger partial charge in [-0.1, -0.05) is 23.7 Å². The van der Waals surface area contributed by atoms with Gasteiger partial charge in [0.05, 0.1) is 5.02 Å². The topological polar surface area (TPSA) is 43.1 Å². The Kier molecular flexibility index (Phi) is 1.67. The van der Waals surface area contributed by atoms with E-state index in [1.54, 1.807) is 6.07 Å². The Balaban J connectivity index is 2.67. The van der Waals surface area contributed by atoms with Crippen molar-refractivity contribution >= 4 is 17.4 Å². The van der Waals surface area contributed by atoms with E-state index in [4.69, 9.17) is 17.3 Å². The van der Waals surface area contributed by atoms with Crippen LogP contribution >= 0.6 is 11.6 Å². The van der Waals surface area contributed by atoms with E-state index in [0.717, 1.165) is 5.56 Å². The molecule has 62 valence electrons. The number of Topliss-reactive ketones (excluding diaryl/α,β-unsaturated/α-hetero) is 1. The van der Waals surface area contributed by atoms with Crippen LogP contribution < -0.4 is 5.73 Å². The summed E-state index contributed by atoms with van der Waals surface area (Å²) in [5.41, 5.74) is 7.23. The Morgan fingerprint density at radius 3 is 2.92 bits per heavy atom. The van der Waals surface area contributed by atoms with E-state index in [9.17, 15) is 4.79 Å². The quantitative estimate of drug-likeness (QED) is 0.665. The largest absolute Gasteiger partial charge is 0.324 e. The summed E-state index contributed by atoms with van der Waals surface area (Å²) >= 11 is 5.85. The van der Waals surface area contributed by atoms with Crippen LogP contribution in [0.25, 0.3) is 0 Å². The maximum atomic E-state index is 11.3. The molecular weight excluding hydrogens is 174 g/mol. The van der Waals surface area contributed by atoms with Gasteiger partial charge in [0.15, 0.2) is 5.78 Å². The lowest BCUT2D eigenvalue weighted by atomic mass is 10.1. The zero-order valence-electron chi connectivity index (χ0n) is 6.38. The van der Waals surface area contributed by atoms with E-state index in [-0.39, 0.29) is 11.8 Å². The maximum absolute atomic E-state index is 11.3. The average molecular weight is 182 g/mol.